The van der Waals surface area contributed by atoms with E-state index in [1.165, 1.54) is 30.1 Å². The van der Waals surface area contributed by atoms with Gasteiger partial charge in [0, 0.05) is 18.6 Å². The van der Waals surface area contributed by atoms with Crippen LogP contribution in [-0.2, 0) is 26.2 Å². The molecule has 0 fully saturated rings. The number of sulfonamides is 1. The number of benzene rings is 3. The largest absolute Gasteiger partial charge is 0.357 e. The van der Waals surface area contributed by atoms with Gasteiger partial charge in [-0.2, -0.15) is 0 Å². The van der Waals surface area contributed by atoms with Crippen LogP contribution in [0.25, 0.3) is 0 Å². The van der Waals surface area contributed by atoms with Crippen LogP contribution >= 0.6 is 11.6 Å². The van der Waals surface area contributed by atoms with Crippen molar-refractivity contribution in [2.75, 3.05) is 17.9 Å². The molecule has 2 amide bonds. The number of likely N-dealkylation sites (N-methyl/N-ethyl adjacent to an activating group) is 1. The van der Waals surface area contributed by atoms with Crippen LogP contribution in [0.2, 0.25) is 5.02 Å². The van der Waals surface area contributed by atoms with Gasteiger partial charge in [0.1, 0.15) is 12.6 Å². The van der Waals surface area contributed by atoms with E-state index in [4.69, 9.17) is 11.6 Å². The third kappa shape index (κ3) is 6.50. The summed E-state index contributed by atoms with van der Waals surface area (Å²) < 4.78 is 28.8. The van der Waals surface area contributed by atoms with E-state index in [0.717, 1.165) is 21.0 Å². The van der Waals surface area contributed by atoms with Gasteiger partial charge in [-0.15, -0.1) is 0 Å². The molecule has 3 aromatic rings. The summed E-state index contributed by atoms with van der Waals surface area (Å²) in [6.45, 7) is 6.80. The zero-order valence-corrected chi connectivity index (χ0v) is 23.2. The van der Waals surface area contributed by atoms with Crippen molar-refractivity contribution >= 4 is 39.1 Å². The molecule has 1 N–H and O–H groups in total. The molecule has 3 aromatic carbocycles. The second-order valence-corrected chi connectivity index (χ2v) is 11.3. The maximum atomic E-state index is 13.9. The Kier molecular flexibility index (Phi) is 8.99. The van der Waals surface area contributed by atoms with Gasteiger partial charge >= 0.3 is 0 Å². The number of nitrogens with one attached hydrogen (secondary N) is 1. The highest BCUT2D eigenvalue weighted by Gasteiger charge is 2.33. The second-order valence-electron chi connectivity index (χ2n) is 8.99. The van der Waals surface area contributed by atoms with E-state index in [-0.39, 0.29) is 17.3 Å². The van der Waals surface area contributed by atoms with Crippen molar-refractivity contribution < 1.29 is 18.0 Å². The van der Waals surface area contributed by atoms with E-state index >= 15 is 0 Å². The summed E-state index contributed by atoms with van der Waals surface area (Å²) in [5, 5.41) is 2.92. The minimum atomic E-state index is -4.14. The van der Waals surface area contributed by atoms with Gasteiger partial charge in [-0.1, -0.05) is 59.6 Å². The molecule has 0 saturated carbocycles. The number of aryl methyl sites for hydroxylation is 3. The Morgan fingerprint density at radius 3 is 2.22 bits per heavy atom. The molecule has 0 saturated heterocycles. The van der Waals surface area contributed by atoms with Crippen LogP contribution in [0.15, 0.2) is 71.6 Å². The maximum Gasteiger partial charge on any atom is 0.264 e. The van der Waals surface area contributed by atoms with Crippen molar-refractivity contribution in [3.05, 3.63) is 94.0 Å². The van der Waals surface area contributed by atoms with E-state index < -0.39 is 28.5 Å². The van der Waals surface area contributed by atoms with Gasteiger partial charge in [0.15, 0.2) is 0 Å². The number of amides is 2. The van der Waals surface area contributed by atoms with Crippen molar-refractivity contribution in [1.82, 2.24) is 10.2 Å². The van der Waals surface area contributed by atoms with Gasteiger partial charge < -0.3 is 10.2 Å². The number of carbonyl (C=O) groups excluding carboxylic acids is 2. The van der Waals surface area contributed by atoms with Crippen LogP contribution in [-0.4, -0.2) is 44.8 Å². The Balaban J connectivity index is 2.09. The molecule has 9 heteroatoms. The SMILES string of the molecule is CNC(=O)C(C)N(Cc1ccccc1C)C(=O)CN(c1cc(Cl)ccc1C)S(=O)(=O)c1ccc(C)cc1. The number of halogens is 1. The molecule has 0 bridgehead atoms. The highest BCUT2D eigenvalue weighted by atomic mass is 35.5. The molecule has 1 unspecified atom stereocenters. The predicted octanol–water partition coefficient (Wildman–Crippen LogP) is 4.62. The molecule has 196 valence electrons. The summed E-state index contributed by atoms with van der Waals surface area (Å²) in [6.07, 6.45) is 0. The standard InChI is InChI=1S/C28H32ClN3O4S/c1-19-10-14-25(15-11-19)37(35,36)32(26-16-24(29)13-12-21(26)3)18-27(33)31(22(4)28(34)30-5)17-23-9-7-6-8-20(23)2/h6-16,22H,17-18H2,1-5H3,(H,30,34). The fraction of sp³-hybridized carbons (Fsp3) is 0.286. The van der Waals surface area contributed by atoms with Gasteiger partial charge in [-0.25, -0.2) is 8.42 Å². The summed E-state index contributed by atoms with van der Waals surface area (Å²) in [6, 6.07) is 18.1. The van der Waals surface area contributed by atoms with E-state index in [0.29, 0.717) is 16.3 Å². The number of carbonyl (C=O) groups is 2. The molecule has 0 radical (unpaired) electrons. The van der Waals surface area contributed by atoms with Crippen LogP contribution in [0.5, 0.6) is 0 Å². The summed E-state index contributed by atoms with van der Waals surface area (Å²) in [4.78, 5) is 27.9. The number of hydrogen-bond donors (Lipinski definition) is 1. The lowest BCUT2D eigenvalue weighted by Crippen LogP contribution is -2.50. The van der Waals surface area contributed by atoms with Crippen molar-refractivity contribution in [1.29, 1.82) is 0 Å². The highest BCUT2D eigenvalue weighted by molar-refractivity contribution is 7.92. The third-order valence-corrected chi connectivity index (χ3v) is 8.35. The first-order chi connectivity index (χ1) is 17.4. The van der Waals surface area contributed by atoms with Crippen molar-refractivity contribution in [3.8, 4) is 0 Å². The van der Waals surface area contributed by atoms with Gasteiger partial charge in [0.05, 0.1) is 10.6 Å². The average molecular weight is 542 g/mol. The van der Waals surface area contributed by atoms with Crippen LogP contribution in [0.3, 0.4) is 0 Å². The molecular formula is C28H32ClN3O4S. The summed E-state index contributed by atoms with van der Waals surface area (Å²) in [5.74, 6) is -0.872. The minimum Gasteiger partial charge on any atom is -0.357 e. The Labute approximate surface area is 224 Å². The monoisotopic (exact) mass is 541 g/mol. The van der Waals surface area contributed by atoms with E-state index in [1.54, 1.807) is 38.1 Å². The Morgan fingerprint density at radius 2 is 1.59 bits per heavy atom. The first-order valence-electron chi connectivity index (χ1n) is 11.9. The lowest BCUT2D eigenvalue weighted by molar-refractivity contribution is -0.139. The van der Waals surface area contributed by atoms with Crippen molar-refractivity contribution in [2.45, 2.75) is 45.2 Å². The quantitative estimate of drug-likeness (QED) is 0.428. The molecular weight excluding hydrogens is 510 g/mol. The summed E-state index contributed by atoms with van der Waals surface area (Å²) in [7, 11) is -2.65. The second kappa shape index (κ2) is 11.8. The molecule has 0 aliphatic carbocycles. The van der Waals surface area contributed by atoms with Crippen molar-refractivity contribution in [2.24, 2.45) is 0 Å². The number of hydrogen-bond acceptors (Lipinski definition) is 4. The van der Waals surface area contributed by atoms with E-state index in [2.05, 4.69) is 5.32 Å². The minimum absolute atomic E-state index is 0.0510. The fourth-order valence-electron chi connectivity index (χ4n) is 3.96. The third-order valence-electron chi connectivity index (χ3n) is 6.34. The molecule has 1 atom stereocenters. The van der Waals surface area contributed by atoms with Crippen LogP contribution in [0.1, 0.15) is 29.2 Å². The average Bonchev–Trinajstić information content (AvgIpc) is 2.87. The number of anilines is 1. The Hall–Kier alpha value is -3.36. The van der Waals surface area contributed by atoms with Crippen LogP contribution in [0, 0.1) is 20.8 Å². The highest BCUT2D eigenvalue weighted by Crippen LogP contribution is 2.30. The number of nitrogens with zero attached hydrogens (tertiary/aromatic N) is 2. The normalized spacial score (nSPS) is 12.1. The Morgan fingerprint density at radius 1 is 0.946 bits per heavy atom. The topological polar surface area (TPSA) is 86.8 Å². The maximum absolute atomic E-state index is 13.9. The van der Waals surface area contributed by atoms with E-state index in [1.807, 2.05) is 38.1 Å². The van der Waals surface area contributed by atoms with Gasteiger partial charge in [0.25, 0.3) is 10.0 Å². The molecule has 0 aliphatic rings. The van der Waals surface area contributed by atoms with Gasteiger partial charge in [-0.05, 0) is 68.7 Å². The molecule has 3 rings (SSSR count). The zero-order chi connectivity index (χ0) is 27.3. The summed E-state index contributed by atoms with van der Waals surface area (Å²) in [5.41, 5.74) is 3.66. The molecule has 0 heterocycles. The summed E-state index contributed by atoms with van der Waals surface area (Å²) >= 11 is 6.24. The lowest BCUT2D eigenvalue weighted by Gasteiger charge is -2.32. The fourth-order valence-corrected chi connectivity index (χ4v) is 5.60. The van der Waals surface area contributed by atoms with Crippen molar-refractivity contribution in [3.63, 3.8) is 0 Å². The molecule has 0 aliphatic heterocycles. The molecule has 0 spiro atoms. The molecule has 7 nitrogen and oxygen atoms in total. The molecule has 0 aromatic heterocycles. The van der Waals surface area contributed by atoms with E-state index in [9.17, 15) is 18.0 Å². The number of rotatable bonds is 9. The Bertz CT molecular complexity index is 1390. The zero-order valence-electron chi connectivity index (χ0n) is 21.7. The molecule has 37 heavy (non-hydrogen) atoms. The predicted molar refractivity (Wildman–Crippen MR) is 147 cm³/mol. The van der Waals surface area contributed by atoms with Crippen LogP contribution in [0.4, 0.5) is 5.69 Å². The smallest absolute Gasteiger partial charge is 0.264 e. The van der Waals surface area contributed by atoms with Gasteiger partial charge in [0.2, 0.25) is 11.8 Å². The lowest BCUT2D eigenvalue weighted by atomic mass is 10.1. The van der Waals surface area contributed by atoms with Gasteiger partial charge in [-0.3, -0.25) is 13.9 Å². The first kappa shape index (κ1) is 28.2. The first-order valence-corrected chi connectivity index (χ1v) is 13.7. The van der Waals surface area contributed by atoms with Crippen LogP contribution < -0.4 is 9.62 Å².